The van der Waals surface area contributed by atoms with Gasteiger partial charge in [0.05, 0.1) is 10.7 Å². The van der Waals surface area contributed by atoms with Gasteiger partial charge >= 0.3 is 0 Å². The van der Waals surface area contributed by atoms with Crippen molar-refractivity contribution >= 4 is 33.9 Å². The number of halogens is 1. The molecular weight excluding hydrogens is 355 g/mol. The van der Waals surface area contributed by atoms with Gasteiger partial charge in [-0.2, -0.15) is 0 Å². The van der Waals surface area contributed by atoms with Crippen LogP contribution in [0, 0.1) is 10.5 Å². The van der Waals surface area contributed by atoms with Crippen molar-refractivity contribution < 1.29 is 0 Å². The second kappa shape index (κ2) is 6.63. The molecule has 1 aromatic carbocycles. The molecule has 0 spiro atoms. The Hall–Kier alpha value is -0.460. The van der Waals surface area contributed by atoms with E-state index < -0.39 is 0 Å². The van der Waals surface area contributed by atoms with Crippen molar-refractivity contribution in [1.29, 1.82) is 0 Å². The summed E-state index contributed by atoms with van der Waals surface area (Å²) in [6.45, 7) is 5.18. The number of rotatable bonds is 5. The number of aryl methyl sites for hydroxylation is 1. The highest BCUT2D eigenvalue weighted by molar-refractivity contribution is 14.1. The predicted octanol–water partition coefficient (Wildman–Crippen LogP) is 3.95. The largest absolute Gasteiger partial charge is 0.310 e. The number of nitrogens with one attached hydrogen (secondary N) is 1. The van der Waals surface area contributed by atoms with E-state index in [2.05, 4.69) is 76.4 Å². The summed E-state index contributed by atoms with van der Waals surface area (Å²) in [4.78, 5) is 4.56. The fourth-order valence-electron chi connectivity index (χ4n) is 2.01. The first-order valence-electron chi connectivity index (χ1n) is 6.09. The van der Waals surface area contributed by atoms with Crippen LogP contribution in [0.1, 0.15) is 29.2 Å². The van der Waals surface area contributed by atoms with Gasteiger partial charge in [-0.1, -0.05) is 25.1 Å². The SMILES string of the molecule is CCNC(Cc1csc(C)n1)c1ccccc1I. The summed E-state index contributed by atoms with van der Waals surface area (Å²) in [5.41, 5.74) is 2.55. The first-order chi connectivity index (χ1) is 8.70. The Kier molecular flexibility index (Phi) is 5.14. The van der Waals surface area contributed by atoms with E-state index in [0.29, 0.717) is 6.04 Å². The van der Waals surface area contributed by atoms with Crippen LogP contribution in [0.3, 0.4) is 0 Å². The average Bonchev–Trinajstić information content (AvgIpc) is 2.75. The summed E-state index contributed by atoms with van der Waals surface area (Å²) < 4.78 is 1.31. The molecule has 2 nitrogen and oxygen atoms in total. The van der Waals surface area contributed by atoms with E-state index in [1.807, 2.05) is 0 Å². The number of hydrogen-bond donors (Lipinski definition) is 1. The maximum absolute atomic E-state index is 4.56. The molecular formula is C14H17IN2S. The Morgan fingerprint density at radius 1 is 1.39 bits per heavy atom. The van der Waals surface area contributed by atoms with E-state index in [9.17, 15) is 0 Å². The van der Waals surface area contributed by atoms with Crippen LogP contribution in [0.25, 0.3) is 0 Å². The first kappa shape index (κ1) is 14.0. The fraction of sp³-hybridized carbons (Fsp3) is 0.357. The highest BCUT2D eigenvalue weighted by Crippen LogP contribution is 2.24. The van der Waals surface area contributed by atoms with Gasteiger partial charge in [-0.15, -0.1) is 11.3 Å². The molecule has 2 rings (SSSR count). The predicted molar refractivity (Wildman–Crippen MR) is 86.1 cm³/mol. The third kappa shape index (κ3) is 3.52. The maximum atomic E-state index is 4.56. The molecule has 1 aromatic heterocycles. The van der Waals surface area contributed by atoms with Crippen LogP contribution < -0.4 is 5.32 Å². The van der Waals surface area contributed by atoms with Crippen LogP contribution in [-0.2, 0) is 6.42 Å². The van der Waals surface area contributed by atoms with E-state index in [4.69, 9.17) is 0 Å². The Labute approximate surface area is 126 Å². The van der Waals surface area contributed by atoms with Crippen LogP contribution in [0.4, 0.5) is 0 Å². The average molecular weight is 372 g/mol. The molecule has 0 fully saturated rings. The number of aromatic nitrogens is 1. The Morgan fingerprint density at radius 2 is 2.17 bits per heavy atom. The summed E-state index contributed by atoms with van der Waals surface area (Å²) in [6, 6.07) is 8.90. The molecule has 96 valence electrons. The molecule has 0 amide bonds. The van der Waals surface area contributed by atoms with E-state index >= 15 is 0 Å². The zero-order valence-corrected chi connectivity index (χ0v) is 13.6. The quantitative estimate of drug-likeness (QED) is 0.804. The number of benzene rings is 1. The smallest absolute Gasteiger partial charge is 0.0897 e. The van der Waals surface area contributed by atoms with Gasteiger partial charge < -0.3 is 5.32 Å². The summed E-state index contributed by atoms with van der Waals surface area (Å²) in [7, 11) is 0. The van der Waals surface area contributed by atoms with Crippen LogP contribution >= 0.6 is 33.9 Å². The minimum Gasteiger partial charge on any atom is -0.310 e. The number of nitrogens with zero attached hydrogens (tertiary/aromatic N) is 1. The normalized spacial score (nSPS) is 12.6. The molecule has 0 aliphatic carbocycles. The molecule has 1 atom stereocenters. The molecule has 1 heterocycles. The maximum Gasteiger partial charge on any atom is 0.0897 e. The molecule has 0 saturated heterocycles. The highest BCUT2D eigenvalue weighted by atomic mass is 127. The van der Waals surface area contributed by atoms with Gasteiger partial charge in [0.2, 0.25) is 0 Å². The molecule has 1 N–H and O–H groups in total. The molecule has 0 aliphatic heterocycles. The first-order valence-corrected chi connectivity index (χ1v) is 8.05. The lowest BCUT2D eigenvalue weighted by Crippen LogP contribution is -2.23. The van der Waals surface area contributed by atoms with Gasteiger partial charge in [0.1, 0.15) is 0 Å². The molecule has 0 bridgehead atoms. The Morgan fingerprint density at radius 3 is 2.78 bits per heavy atom. The molecule has 0 aliphatic rings. The molecule has 18 heavy (non-hydrogen) atoms. The van der Waals surface area contributed by atoms with Crippen LogP contribution in [-0.4, -0.2) is 11.5 Å². The standard InChI is InChI=1S/C14H17IN2S/c1-3-16-14(8-11-9-18-10(2)17-11)12-6-4-5-7-13(12)15/h4-7,9,14,16H,3,8H2,1-2H3. The summed E-state index contributed by atoms with van der Waals surface area (Å²) in [5, 5.41) is 6.86. The third-order valence-electron chi connectivity index (χ3n) is 2.81. The minimum atomic E-state index is 0.351. The Balaban J connectivity index is 2.20. The van der Waals surface area contributed by atoms with E-state index in [-0.39, 0.29) is 0 Å². The topological polar surface area (TPSA) is 24.9 Å². The molecule has 0 saturated carbocycles. The monoisotopic (exact) mass is 372 g/mol. The number of likely N-dealkylation sites (N-methyl/N-ethyl adjacent to an activating group) is 1. The van der Waals surface area contributed by atoms with E-state index in [1.54, 1.807) is 11.3 Å². The fourth-order valence-corrected chi connectivity index (χ4v) is 3.40. The minimum absolute atomic E-state index is 0.351. The number of hydrogen-bond acceptors (Lipinski definition) is 3. The lowest BCUT2D eigenvalue weighted by molar-refractivity contribution is 0.543. The molecule has 0 radical (unpaired) electrons. The summed E-state index contributed by atoms with van der Waals surface area (Å²) >= 11 is 4.13. The summed E-state index contributed by atoms with van der Waals surface area (Å²) in [5.74, 6) is 0. The lowest BCUT2D eigenvalue weighted by atomic mass is 10.0. The van der Waals surface area contributed by atoms with Crippen molar-refractivity contribution in [2.75, 3.05) is 6.54 Å². The van der Waals surface area contributed by atoms with Crippen LogP contribution in [0.2, 0.25) is 0 Å². The van der Waals surface area contributed by atoms with Crippen LogP contribution in [0.15, 0.2) is 29.6 Å². The zero-order valence-electron chi connectivity index (χ0n) is 10.6. The molecule has 1 unspecified atom stereocenters. The zero-order chi connectivity index (χ0) is 13.0. The lowest BCUT2D eigenvalue weighted by Gasteiger charge is -2.18. The van der Waals surface area contributed by atoms with Gasteiger partial charge in [0.15, 0.2) is 0 Å². The van der Waals surface area contributed by atoms with E-state index in [1.165, 1.54) is 14.8 Å². The summed E-state index contributed by atoms with van der Waals surface area (Å²) in [6.07, 6.45) is 0.957. The second-order valence-corrected chi connectivity index (χ2v) is 6.42. The van der Waals surface area contributed by atoms with Gasteiger partial charge in [-0.3, -0.25) is 0 Å². The van der Waals surface area contributed by atoms with Crippen LogP contribution in [0.5, 0.6) is 0 Å². The highest BCUT2D eigenvalue weighted by Gasteiger charge is 2.15. The van der Waals surface area contributed by atoms with Gasteiger partial charge in [-0.25, -0.2) is 4.98 Å². The van der Waals surface area contributed by atoms with E-state index in [0.717, 1.165) is 18.0 Å². The Bertz CT molecular complexity index is 510. The van der Waals surface area contributed by atoms with Gasteiger partial charge in [-0.05, 0) is 47.7 Å². The van der Waals surface area contributed by atoms with Crippen molar-refractivity contribution in [3.63, 3.8) is 0 Å². The van der Waals surface area contributed by atoms with Gasteiger partial charge in [0.25, 0.3) is 0 Å². The van der Waals surface area contributed by atoms with Crippen molar-refractivity contribution in [2.45, 2.75) is 26.3 Å². The number of thiazole rings is 1. The molecule has 2 aromatic rings. The molecule has 4 heteroatoms. The van der Waals surface area contributed by atoms with Crippen molar-refractivity contribution in [3.05, 3.63) is 49.5 Å². The second-order valence-electron chi connectivity index (χ2n) is 4.19. The van der Waals surface area contributed by atoms with Crippen molar-refractivity contribution in [1.82, 2.24) is 10.3 Å². The third-order valence-corrected chi connectivity index (χ3v) is 4.62. The van der Waals surface area contributed by atoms with Crippen molar-refractivity contribution in [3.8, 4) is 0 Å². The van der Waals surface area contributed by atoms with Gasteiger partial charge in [0, 0.05) is 21.4 Å². The van der Waals surface area contributed by atoms with Crippen molar-refractivity contribution in [2.24, 2.45) is 0 Å².